The summed E-state index contributed by atoms with van der Waals surface area (Å²) >= 11 is 1.51. The van der Waals surface area contributed by atoms with Crippen LogP contribution in [-0.4, -0.2) is 39.7 Å². The van der Waals surface area contributed by atoms with Crippen LogP contribution < -0.4 is 0 Å². The summed E-state index contributed by atoms with van der Waals surface area (Å²) in [6.07, 6.45) is 0.774. The first-order valence-electron chi connectivity index (χ1n) is 9.90. The maximum Gasteiger partial charge on any atom is 0.309 e. The number of aromatic nitrogens is 2. The van der Waals surface area contributed by atoms with Crippen LogP contribution in [0.4, 0.5) is 0 Å². The molecular formula is C22H25N3O3S. The van der Waals surface area contributed by atoms with Gasteiger partial charge < -0.3 is 9.64 Å². The maximum atomic E-state index is 13.4. The third kappa shape index (κ3) is 4.19. The Bertz CT molecular complexity index is 1000. The molecule has 2 aromatic heterocycles. The predicted molar refractivity (Wildman–Crippen MR) is 113 cm³/mol. The zero-order valence-electron chi connectivity index (χ0n) is 16.9. The van der Waals surface area contributed by atoms with Crippen LogP contribution in [0.15, 0.2) is 36.4 Å². The van der Waals surface area contributed by atoms with Crippen LogP contribution in [0.3, 0.4) is 0 Å². The summed E-state index contributed by atoms with van der Waals surface area (Å²) < 4.78 is 8.06. The number of benzene rings is 1. The van der Waals surface area contributed by atoms with Gasteiger partial charge in [0, 0.05) is 24.0 Å². The van der Waals surface area contributed by atoms with Crippen molar-refractivity contribution in [2.75, 3.05) is 13.2 Å². The zero-order valence-corrected chi connectivity index (χ0v) is 17.7. The molecule has 3 aromatic rings. The van der Waals surface area contributed by atoms with E-state index in [1.807, 2.05) is 66.9 Å². The first-order chi connectivity index (χ1) is 14.0. The number of nitrogens with zero attached hydrogens (tertiary/aromatic N) is 3. The van der Waals surface area contributed by atoms with Gasteiger partial charge in [0.25, 0.3) is 5.91 Å². The molecule has 1 fully saturated rings. The molecule has 29 heavy (non-hydrogen) atoms. The van der Waals surface area contributed by atoms with Gasteiger partial charge in [-0.2, -0.15) is 5.10 Å². The second-order valence-electron chi connectivity index (χ2n) is 7.59. The van der Waals surface area contributed by atoms with E-state index in [1.54, 1.807) is 0 Å². The van der Waals surface area contributed by atoms with Crippen molar-refractivity contribution in [3.8, 4) is 0 Å². The standard InChI is InChI=1S/C22H25N3O3S/c1-4-28-22(27)18-10-16(18)12-25(13-17-9-14(2)24(3)23-17)21(26)20-11-15-7-5-6-8-19(15)29-20/h5-9,11,16,18H,4,10,12-13H2,1-3H3/t16-,18+/m1/s1. The minimum atomic E-state index is -0.152. The van der Waals surface area contributed by atoms with Crippen molar-refractivity contribution in [3.63, 3.8) is 0 Å². The molecule has 2 heterocycles. The number of fused-ring (bicyclic) bond motifs is 1. The molecule has 0 spiro atoms. The molecule has 1 aromatic carbocycles. The molecule has 0 aliphatic heterocycles. The SMILES string of the molecule is CCOC(=O)[C@H]1C[C@@H]1CN(Cc1cc(C)n(C)n1)C(=O)c1cc2ccccc2s1. The number of hydrogen-bond donors (Lipinski definition) is 0. The molecule has 1 amide bonds. The van der Waals surface area contributed by atoms with Crippen molar-refractivity contribution < 1.29 is 14.3 Å². The third-order valence-corrected chi connectivity index (χ3v) is 6.51. The van der Waals surface area contributed by atoms with Crippen molar-refractivity contribution in [2.45, 2.75) is 26.8 Å². The van der Waals surface area contributed by atoms with E-state index in [4.69, 9.17) is 4.74 Å². The number of thiophene rings is 1. The van der Waals surface area contributed by atoms with Gasteiger partial charge in [0.15, 0.2) is 0 Å². The average molecular weight is 412 g/mol. The Morgan fingerprint density at radius 1 is 1.31 bits per heavy atom. The molecular weight excluding hydrogens is 386 g/mol. The summed E-state index contributed by atoms with van der Waals surface area (Å²) in [5.74, 6) is -0.111. The molecule has 0 saturated heterocycles. The van der Waals surface area contributed by atoms with Crippen LogP contribution in [-0.2, 0) is 23.1 Å². The number of carbonyl (C=O) groups is 2. The van der Waals surface area contributed by atoms with Crippen molar-refractivity contribution in [2.24, 2.45) is 18.9 Å². The van der Waals surface area contributed by atoms with Gasteiger partial charge in [-0.05, 0) is 49.8 Å². The summed E-state index contributed by atoms with van der Waals surface area (Å²) in [5.41, 5.74) is 1.90. The average Bonchev–Trinajstić information content (AvgIpc) is 3.21. The van der Waals surface area contributed by atoms with Crippen LogP contribution in [0.25, 0.3) is 10.1 Å². The molecule has 0 N–H and O–H groups in total. The van der Waals surface area contributed by atoms with Crippen LogP contribution in [0.5, 0.6) is 0 Å². The summed E-state index contributed by atoms with van der Waals surface area (Å²) in [6.45, 7) is 5.16. The van der Waals surface area contributed by atoms with Gasteiger partial charge in [0.1, 0.15) is 0 Å². The lowest BCUT2D eigenvalue weighted by atomic mass is 10.2. The number of aryl methyl sites for hydroxylation is 2. The molecule has 1 aliphatic carbocycles. The van der Waals surface area contributed by atoms with E-state index in [2.05, 4.69) is 5.10 Å². The lowest BCUT2D eigenvalue weighted by Gasteiger charge is -2.21. The highest BCUT2D eigenvalue weighted by atomic mass is 32.1. The Kier molecular flexibility index (Phi) is 5.41. The molecule has 6 nitrogen and oxygen atoms in total. The van der Waals surface area contributed by atoms with E-state index in [0.717, 1.165) is 27.9 Å². The van der Waals surface area contributed by atoms with E-state index >= 15 is 0 Å². The fourth-order valence-corrected chi connectivity index (χ4v) is 4.67. The Balaban J connectivity index is 1.55. The Morgan fingerprint density at radius 2 is 2.10 bits per heavy atom. The van der Waals surface area contributed by atoms with Gasteiger partial charge in [-0.3, -0.25) is 14.3 Å². The molecule has 7 heteroatoms. The number of ether oxygens (including phenoxy) is 1. The lowest BCUT2D eigenvalue weighted by molar-refractivity contribution is -0.145. The van der Waals surface area contributed by atoms with E-state index in [-0.39, 0.29) is 23.7 Å². The molecule has 2 atom stereocenters. The second-order valence-corrected chi connectivity index (χ2v) is 8.67. The van der Waals surface area contributed by atoms with Gasteiger partial charge >= 0.3 is 5.97 Å². The number of rotatable bonds is 7. The Labute approximate surface area is 174 Å². The summed E-state index contributed by atoms with van der Waals surface area (Å²) in [6, 6.07) is 12.0. The molecule has 0 unspecified atom stereocenters. The monoisotopic (exact) mass is 411 g/mol. The van der Waals surface area contributed by atoms with E-state index in [0.29, 0.717) is 24.6 Å². The zero-order chi connectivity index (χ0) is 20.5. The van der Waals surface area contributed by atoms with Gasteiger partial charge in [-0.1, -0.05) is 18.2 Å². The second kappa shape index (κ2) is 7.99. The van der Waals surface area contributed by atoms with Crippen LogP contribution >= 0.6 is 11.3 Å². The minimum Gasteiger partial charge on any atom is -0.466 e. The van der Waals surface area contributed by atoms with E-state index in [1.165, 1.54) is 11.3 Å². The molecule has 4 rings (SSSR count). The van der Waals surface area contributed by atoms with Crippen molar-refractivity contribution in [1.29, 1.82) is 0 Å². The Hall–Kier alpha value is -2.67. The fourth-order valence-electron chi connectivity index (χ4n) is 3.64. The number of hydrogen-bond acceptors (Lipinski definition) is 5. The topological polar surface area (TPSA) is 64.4 Å². The van der Waals surface area contributed by atoms with E-state index < -0.39 is 0 Å². The quantitative estimate of drug-likeness (QED) is 0.555. The summed E-state index contributed by atoms with van der Waals surface area (Å²) in [4.78, 5) is 27.9. The molecule has 0 bridgehead atoms. The fraction of sp³-hybridized carbons (Fsp3) is 0.409. The molecule has 0 radical (unpaired) electrons. The van der Waals surface area contributed by atoms with Crippen molar-refractivity contribution >= 4 is 33.3 Å². The molecule has 1 aliphatic rings. The van der Waals surface area contributed by atoms with Gasteiger partial charge in [-0.25, -0.2) is 0 Å². The predicted octanol–water partition coefficient (Wildman–Crippen LogP) is 3.78. The largest absolute Gasteiger partial charge is 0.466 e. The number of esters is 1. The van der Waals surface area contributed by atoms with Crippen LogP contribution in [0.2, 0.25) is 0 Å². The van der Waals surface area contributed by atoms with Crippen LogP contribution in [0, 0.1) is 18.8 Å². The van der Waals surface area contributed by atoms with Crippen molar-refractivity contribution in [1.82, 2.24) is 14.7 Å². The molecule has 1 saturated carbocycles. The smallest absolute Gasteiger partial charge is 0.309 e. The van der Waals surface area contributed by atoms with Gasteiger partial charge in [0.05, 0.1) is 29.6 Å². The minimum absolute atomic E-state index is 0.0102. The maximum absolute atomic E-state index is 13.4. The van der Waals surface area contributed by atoms with Gasteiger partial charge in [-0.15, -0.1) is 11.3 Å². The highest BCUT2D eigenvalue weighted by Crippen LogP contribution is 2.40. The Morgan fingerprint density at radius 3 is 2.79 bits per heavy atom. The highest BCUT2D eigenvalue weighted by molar-refractivity contribution is 7.20. The molecule has 152 valence electrons. The highest BCUT2D eigenvalue weighted by Gasteiger charge is 2.45. The number of carbonyl (C=O) groups excluding carboxylic acids is 2. The normalized spacial score (nSPS) is 18.0. The van der Waals surface area contributed by atoms with E-state index in [9.17, 15) is 9.59 Å². The first-order valence-corrected chi connectivity index (χ1v) is 10.7. The summed E-state index contributed by atoms with van der Waals surface area (Å²) in [7, 11) is 1.90. The van der Waals surface area contributed by atoms with Crippen LogP contribution in [0.1, 0.15) is 34.4 Å². The first kappa shape index (κ1) is 19.6. The lowest BCUT2D eigenvalue weighted by Crippen LogP contribution is -2.33. The third-order valence-electron chi connectivity index (χ3n) is 5.41. The van der Waals surface area contributed by atoms with Crippen molar-refractivity contribution in [3.05, 3.63) is 52.7 Å². The van der Waals surface area contributed by atoms with Gasteiger partial charge in [0.2, 0.25) is 0 Å². The summed E-state index contributed by atoms with van der Waals surface area (Å²) in [5, 5.41) is 5.59. The number of amides is 1.